The van der Waals surface area contributed by atoms with Crippen molar-refractivity contribution in [1.29, 1.82) is 5.26 Å². The van der Waals surface area contributed by atoms with Crippen molar-refractivity contribution in [3.05, 3.63) is 0 Å². The SMILES string of the molecule is C#CCN1C(=O)C[C@](C#N)(C(=O)OCC)[C@H]1OCC. The maximum atomic E-state index is 12.0. The largest absolute Gasteiger partial charge is 0.465 e. The summed E-state index contributed by atoms with van der Waals surface area (Å²) in [6.07, 6.45) is 3.93. The lowest BCUT2D eigenvalue weighted by molar-refractivity contribution is -0.164. The van der Waals surface area contributed by atoms with Crippen LogP contribution >= 0.6 is 0 Å². The highest BCUT2D eigenvalue weighted by molar-refractivity contribution is 5.92. The second-order valence-corrected chi connectivity index (χ2v) is 4.01. The van der Waals surface area contributed by atoms with E-state index in [0.29, 0.717) is 0 Å². The third-order valence-electron chi connectivity index (χ3n) is 2.88. The smallest absolute Gasteiger partial charge is 0.331 e. The number of esters is 1. The summed E-state index contributed by atoms with van der Waals surface area (Å²) in [5.74, 6) is 1.20. The molecule has 0 aromatic heterocycles. The number of ether oxygens (including phenoxy) is 2. The Hall–Kier alpha value is -2.05. The number of rotatable bonds is 5. The Morgan fingerprint density at radius 3 is 2.74 bits per heavy atom. The molecule has 1 fully saturated rings. The molecular weight excluding hydrogens is 248 g/mol. The van der Waals surface area contributed by atoms with Crippen molar-refractivity contribution >= 4 is 11.9 Å². The Labute approximate surface area is 112 Å². The van der Waals surface area contributed by atoms with Crippen molar-refractivity contribution in [3.63, 3.8) is 0 Å². The fourth-order valence-electron chi connectivity index (χ4n) is 2.06. The number of carbonyl (C=O) groups is 2. The van der Waals surface area contributed by atoms with E-state index in [9.17, 15) is 14.9 Å². The van der Waals surface area contributed by atoms with E-state index in [0.717, 1.165) is 0 Å². The summed E-state index contributed by atoms with van der Waals surface area (Å²) in [6, 6.07) is 1.89. The van der Waals surface area contributed by atoms with Crippen LogP contribution < -0.4 is 0 Å². The molecule has 102 valence electrons. The standard InChI is InChI=1S/C13H16N2O4/c1-4-7-15-10(16)8-13(9-14,11(15)18-5-2)12(17)19-6-3/h1,11H,5-8H2,2-3H3/t11-,13-/m1/s1. The average Bonchev–Trinajstić information content (AvgIpc) is 2.66. The molecule has 0 N–H and O–H groups in total. The summed E-state index contributed by atoms with van der Waals surface area (Å²) in [7, 11) is 0. The van der Waals surface area contributed by atoms with Gasteiger partial charge in [0.2, 0.25) is 11.3 Å². The first-order valence-electron chi connectivity index (χ1n) is 6.00. The molecular formula is C13H16N2O4. The van der Waals surface area contributed by atoms with Gasteiger partial charge in [0, 0.05) is 6.61 Å². The Balaban J connectivity index is 3.16. The van der Waals surface area contributed by atoms with Gasteiger partial charge in [-0.3, -0.25) is 9.59 Å². The van der Waals surface area contributed by atoms with Gasteiger partial charge in [0.1, 0.15) is 0 Å². The molecule has 2 atom stereocenters. The van der Waals surface area contributed by atoms with Crippen LogP contribution in [0.4, 0.5) is 0 Å². The molecule has 19 heavy (non-hydrogen) atoms. The van der Waals surface area contributed by atoms with Crippen molar-refractivity contribution in [1.82, 2.24) is 4.90 Å². The molecule has 0 unspecified atom stereocenters. The van der Waals surface area contributed by atoms with Gasteiger partial charge in [-0.25, -0.2) is 0 Å². The maximum Gasteiger partial charge on any atom is 0.331 e. The minimum Gasteiger partial charge on any atom is -0.465 e. The lowest BCUT2D eigenvalue weighted by Gasteiger charge is -2.29. The molecule has 1 saturated heterocycles. The van der Waals surface area contributed by atoms with E-state index in [-0.39, 0.29) is 32.1 Å². The van der Waals surface area contributed by atoms with E-state index in [1.165, 1.54) is 4.90 Å². The van der Waals surface area contributed by atoms with Crippen LogP contribution in [0.25, 0.3) is 0 Å². The molecule has 0 aromatic carbocycles. The van der Waals surface area contributed by atoms with Gasteiger partial charge in [-0.05, 0) is 13.8 Å². The van der Waals surface area contributed by atoms with Gasteiger partial charge in [0.15, 0.2) is 6.23 Å². The summed E-state index contributed by atoms with van der Waals surface area (Å²) in [5, 5.41) is 9.35. The van der Waals surface area contributed by atoms with Crippen LogP contribution in [0.1, 0.15) is 20.3 Å². The highest BCUT2D eigenvalue weighted by atomic mass is 16.5. The van der Waals surface area contributed by atoms with Gasteiger partial charge >= 0.3 is 5.97 Å². The zero-order chi connectivity index (χ0) is 14.5. The van der Waals surface area contributed by atoms with E-state index in [1.807, 2.05) is 6.07 Å². The lowest BCUT2D eigenvalue weighted by atomic mass is 9.87. The Morgan fingerprint density at radius 1 is 1.58 bits per heavy atom. The number of hydrogen-bond donors (Lipinski definition) is 0. The van der Waals surface area contributed by atoms with Gasteiger partial charge < -0.3 is 14.4 Å². The quantitative estimate of drug-likeness (QED) is 0.526. The fourth-order valence-corrected chi connectivity index (χ4v) is 2.06. The lowest BCUT2D eigenvalue weighted by Crippen LogP contribution is -2.47. The zero-order valence-corrected chi connectivity index (χ0v) is 11.0. The van der Waals surface area contributed by atoms with E-state index in [1.54, 1.807) is 13.8 Å². The summed E-state index contributed by atoms with van der Waals surface area (Å²) >= 11 is 0. The van der Waals surface area contributed by atoms with Crippen LogP contribution in [0.3, 0.4) is 0 Å². The van der Waals surface area contributed by atoms with E-state index >= 15 is 0 Å². The molecule has 1 aliphatic rings. The molecule has 0 saturated carbocycles. The summed E-state index contributed by atoms with van der Waals surface area (Å²) in [4.78, 5) is 25.2. The minimum absolute atomic E-state index is 0.00760. The monoisotopic (exact) mass is 264 g/mol. The number of carbonyl (C=O) groups excluding carboxylic acids is 2. The predicted octanol–water partition coefficient (Wildman–Crippen LogP) is 0.288. The van der Waals surface area contributed by atoms with Crippen LogP contribution in [0, 0.1) is 29.1 Å². The Bertz CT molecular complexity index is 449. The van der Waals surface area contributed by atoms with E-state index in [4.69, 9.17) is 15.9 Å². The van der Waals surface area contributed by atoms with Gasteiger partial charge in [-0.15, -0.1) is 6.42 Å². The van der Waals surface area contributed by atoms with Crippen molar-refractivity contribution < 1.29 is 19.1 Å². The molecule has 0 aliphatic carbocycles. The molecule has 1 amide bonds. The number of likely N-dealkylation sites (tertiary alicyclic amines) is 1. The van der Waals surface area contributed by atoms with E-state index < -0.39 is 17.6 Å². The Morgan fingerprint density at radius 2 is 2.26 bits per heavy atom. The third kappa shape index (κ3) is 2.54. The molecule has 0 spiro atoms. The van der Waals surface area contributed by atoms with Crippen LogP contribution in [0.2, 0.25) is 0 Å². The van der Waals surface area contributed by atoms with Crippen molar-refractivity contribution in [3.8, 4) is 18.4 Å². The Kier molecular flexibility index (Phi) is 4.91. The highest BCUT2D eigenvalue weighted by Crippen LogP contribution is 2.39. The minimum atomic E-state index is -1.64. The average molecular weight is 264 g/mol. The van der Waals surface area contributed by atoms with Gasteiger partial charge in [-0.2, -0.15) is 5.26 Å². The van der Waals surface area contributed by atoms with Crippen LogP contribution in [0.5, 0.6) is 0 Å². The predicted molar refractivity (Wildman–Crippen MR) is 65.3 cm³/mol. The van der Waals surface area contributed by atoms with Crippen LogP contribution in [-0.4, -0.2) is 42.8 Å². The second-order valence-electron chi connectivity index (χ2n) is 4.01. The van der Waals surface area contributed by atoms with E-state index in [2.05, 4.69) is 5.92 Å². The number of terminal acetylenes is 1. The topological polar surface area (TPSA) is 79.6 Å². The molecule has 1 aliphatic heterocycles. The first kappa shape index (κ1) is 15.0. The molecule has 1 heterocycles. The zero-order valence-electron chi connectivity index (χ0n) is 11.0. The summed E-state index contributed by atoms with van der Waals surface area (Å²) < 4.78 is 10.3. The molecule has 0 aromatic rings. The highest BCUT2D eigenvalue weighted by Gasteiger charge is 2.59. The molecule has 0 radical (unpaired) electrons. The van der Waals surface area contributed by atoms with Crippen LogP contribution in [0.15, 0.2) is 0 Å². The number of hydrogen-bond acceptors (Lipinski definition) is 5. The molecule has 6 heteroatoms. The van der Waals surface area contributed by atoms with Crippen molar-refractivity contribution in [2.24, 2.45) is 5.41 Å². The maximum absolute atomic E-state index is 12.0. The van der Waals surface area contributed by atoms with Crippen molar-refractivity contribution in [2.45, 2.75) is 26.5 Å². The van der Waals surface area contributed by atoms with Crippen molar-refractivity contribution in [2.75, 3.05) is 19.8 Å². The van der Waals surface area contributed by atoms with Crippen LogP contribution in [-0.2, 0) is 19.1 Å². The number of nitrogens with zero attached hydrogens (tertiary/aromatic N) is 2. The molecule has 1 rings (SSSR count). The first-order chi connectivity index (χ1) is 9.07. The number of nitriles is 1. The fraction of sp³-hybridized carbons (Fsp3) is 0.615. The van der Waals surface area contributed by atoms with Gasteiger partial charge in [0.05, 0.1) is 25.6 Å². The third-order valence-corrected chi connectivity index (χ3v) is 2.88. The van der Waals surface area contributed by atoms with Gasteiger partial charge in [0.25, 0.3) is 0 Å². The molecule has 6 nitrogen and oxygen atoms in total. The summed E-state index contributed by atoms with van der Waals surface area (Å²) in [5.41, 5.74) is -1.64. The van der Waals surface area contributed by atoms with Gasteiger partial charge in [-0.1, -0.05) is 5.92 Å². The first-order valence-corrected chi connectivity index (χ1v) is 6.00. The number of amides is 1. The second kappa shape index (κ2) is 6.21. The summed E-state index contributed by atoms with van der Waals surface area (Å²) in [6.45, 7) is 3.72. The molecule has 0 bridgehead atoms. The normalized spacial score (nSPS) is 25.8.